The number of para-hydroxylation sites is 1. The highest BCUT2D eigenvalue weighted by molar-refractivity contribution is 6.00. The number of nitrogens with one attached hydrogen (secondary N) is 2. The largest absolute Gasteiger partial charge is 0.496 e. The van der Waals surface area contributed by atoms with Gasteiger partial charge in [-0.25, -0.2) is 14.2 Å². The third-order valence-electron chi connectivity index (χ3n) is 4.81. The van der Waals surface area contributed by atoms with Gasteiger partial charge >= 0.3 is 6.03 Å². The van der Waals surface area contributed by atoms with E-state index in [0.717, 1.165) is 11.3 Å². The lowest BCUT2D eigenvalue weighted by Crippen LogP contribution is -2.24. The molecular formula is C25H26N4O3. The highest BCUT2D eigenvalue weighted by Gasteiger charge is 2.19. The number of hydrogen-bond donors (Lipinski definition) is 2. The molecule has 1 heterocycles. The maximum absolute atomic E-state index is 13.2. The Morgan fingerprint density at radius 3 is 2.47 bits per heavy atom. The van der Waals surface area contributed by atoms with E-state index < -0.39 is 6.03 Å². The van der Waals surface area contributed by atoms with E-state index in [0.29, 0.717) is 17.1 Å². The highest BCUT2D eigenvalue weighted by Crippen LogP contribution is 2.23. The van der Waals surface area contributed by atoms with Crippen LogP contribution in [0.4, 0.5) is 16.2 Å². The molecular weight excluding hydrogens is 404 g/mol. The van der Waals surface area contributed by atoms with E-state index in [1.807, 2.05) is 43.3 Å². The van der Waals surface area contributed by atoms with Crippen LogP contribution < -0.4 is 20.9 Å². The first-order valence-electron chi connectivity index (χ1n) is 10.0. The second-order valence-electron chi connectivity index (χ2n) is 6.98. The molecule has 7 nitrogen and oxygen atoms in total. The summed E-state index contributed by atoms with van der Waals surface area (Å²) in [6.45, 7) is 7.33. The van der Waals surface area contributed by atoms with Crippen LogP contribution in [0.3, 0.4) is 0 Å². The number of carbonyl (C=O) groups is 1. The number of aromatic nitrogens is 2. The number of ether oxygens (including phenoxy) is 1. The van der Waals surface area contributed by atoms with Crippen molar-refractivity contribution in [2.24, 2.45) is 0 Å². The van der Waals surface area contributed by atoms with Crippen LogP contribution in [0.2, 0.25) is 0 Å². The summed E-state index contributed by atoms with van der Waals surface area (Å²) in [6.07, 6.45) is 8.53. The summed E-state index contributed by atoms with van der Waals surface area (Å²) in [5, 5.41) is 5.45. The van der Waals surface area contributed by atoms with Gasteiger partial charge in [0, 0.05) is 18.0 Å². The Labute approximate surface area is 186 Å². The van der Waals surface area contributed by atoms with Gasteiger partial charge in [-0.05, 0) is 43.7 Å². The molecule has 0 atom stereocenters. The average Bonchev–Trinajstić information content (AvgIpc) is 3.02. The smallest absolute Gasteiger partial charge is 0.323 e. The molecule has 0 aliphatic rings. The molecule has 0 unspecified atom stereocenters. The topological polar surface area (TPSA) is 77.3 Å². The molecule has 0 saturated carbocycles. The number of hydrogen-bond acceptors (Lipinski definition) is 3. The molecule has 3 rings (SSSR count). The summed E-state index contributed by atoms with van der Waals surface area (Å²) >= 11 is 0. The molecule has 0 aliphatic heterocycles. The van der Waals surface area contributed by atoms with Crippen LogP contribution in [0.5, 0.6) is 5.75 Å². The molecule has 0 saturated heterocycles. The fourth-order valence-corrected chi connectivity index (χ4v) is 3.24. The molecule has 0 fully saturated rings. The van der Waals surface area contributed by atoms with Crippen LogP contribution in [-0.2, 0) is 0 Å². The van der Waals surface area contributed by atoms with Crippen molar-refractivity contribution >= 4 is 23.6 Å². The fourth-order valence-electron chi connectivity index (χ4n) is 3.24. The van der Waals surface area contributed by atoms with E-state index in [1.165, 1.54) is 4.68 Å². The lowest BCUT2D eigenvalue weighted by molar-refractivity contribution is 0.262. The summed E-state index contributed by atoms with van der Waals surface area (Å²) in [4.78, 5) is 25.8. The number of nitrogens with zero attached hydrogens (tertiary/aromatic N) is 2. The zero-order chi connectivity index (χ0) is 23.1. The van der Waals surface area contributed by atoms with Crippen molar-refractivity contribution in [1.29, 1.82) is 0 Å². The van der Waals surface area contributed by atoms with E-state index in [1.54, 1.807) is 61.4 Å². The van der Waals surface area contributed by atoms with E-state index in [2.05, 4.69) is 17.2 Å². The third-order valence-corrected chi connectivity index (χ3v) is 4.81. The normalized spacial score (nSPS) is 11.1. The molecule has 2 N–H and O–H groups in total. The van der Waals surface area contributed by atoms with E-state index in [-0.39, 0.29) is 11.2 Å². The van der Waals surface area contributed by atoms with Gasteiger partial charge in [0.25, 0.3) is 5.56 Å². The first-order valence-corrected chi connectivity index (χ1v) is 10.0. The molecule has 0 spiro atoms. The minimum absolute atomic E-state index is 0.183. The number of rotatable bonds is 7. The number of urea groups is 1. The maximum Gasteiger partial charge on any atom is 0.323 e. The summed E-state index contributed by atoms with van der Waals surface area (Å²) in [5.74, 6) is 0.661. The molecule has 7 heteroatoms. The summed E-state index contributed by atoms with van der Waals surface area (Å²) in [7, 11) is 1.57. The number of carbonyl (C=O) groups excluding carboxylic acids is 1. The third kappa shape index (κ3) is 4.89. The number of methoxy groups -OCH3 is 1. The summed E-state index contributed by atoms with van der Waals surface area (Å²) < 4.78 is 8.49. The number of benzene rings is 2. The lowest BCUT2D eigenvalue weighted by Gasteiger charge is -2.11. The predicted molar refractivity (Wildman–Crippen MR) is 130 cm³/mol. The predicted octanol–water partition coefficient (Wildman–Crippen LogP) is 5.12. The second kappa shape index (κ2) is 10.2. The Kier molecular flexibility index (Phi) is 7.13. The number of anilines is 2. The van der Waals surface area contributed by atoms with Crippen molar-refractivity contribution < 1.29 is 9.53 Å². The van der Waals surface area contributed by atoms with Gasteiger partial charge in [-0.15, -0.1) is 0 Å². The van der Waals surface area contributed by atoms with Crippen molar-refractivity contribution in [1.82, 2.24) is 9.36 Å². The standard InChI is InChI=1S/C25H26N4O3/c1-5-6-7-11-16-28-24(30)23(19(3)29(28)21-12-9-8-10-13-21)27-25(31)26-20-15-14-18(2)22(17-20)32-4/h5-17H,1H2,2-4H3,(H2,26,27,31)/b7-6-,16-11+. The van der Waals surface area contributed by atoms with E-state index >= 15 is 0 Å². The summed E-state index contributed by atoms with van der Waals surface area (Å²) in [6, 6.07) is 14.3. The molecule has 0 aliphatic carbocycles. The van der Waals surface area contributed by atoms with Gasteiger partial charge in [0.1, 0.15) is 11.4 Å². The Bertz CT molecular complexity index is 1230. The molecule has 1 aromatic heterocycles. The minimum atomic E-state index is -0.524. The average molecular weight is 431 g/mol. The van der Waals surface area contributed by atoms with Crippen LogP contribution in [-0.4, -0.2) is 22.5 Å². The molecule has 2 amide bonds. The minimum Gasteiger partial charge on any atom is -0.496 e. The van der Waals surface area contributed by atoms with Crippen LogP contribution in [0.25, 0.3) is 11.9 Å². The Morgan fingerprint density at radius 2 is 1.78 bits per heavy atom. The molecule has 2 aromatic carbocycles. The molecule has 0 radical (unpaired) electrons. The van der Waals surface area contributed by atoms with Crippen molar-refractivity contribution in [3.63, 3.8) is 0 Å². The lowest BCUT2D eigenvalue weighted by atomic mass is 10.2. The monoisotopic (exact) mass is 430 g/mol. The Hall–Kier alpha value is -4.26. The molecule has 32 heavy (non-hydrogen) atoms. The quantitative estimate of drug-likeness (QED) is 0.511. The van der Waals surface area contributed by atoms with Gasteiger partial charge in [0.15, 0.2) is 0 Å². The first kappa shape index (κ1) is 22.4. The van der Waals surface area contributed by atoms with Gasteiger partial charge < -0.3 is 15.4 Å². The van der Waals surface area contributed by atoms with E-state index in [4.69, 9.17) is 4.74 Å². The highest BCUT2D eigenvalue weighted by atomic mass is 16.5. The number of amides is 2. The fraction of sp³-hybridized carbons (Fsp3) is 0.120. The van der Waals surface area contributed by atoms with Crippen molar-refractivity contribution in [3.05, 3.63) is 101 Å². The summed E-state index contributed by atoms with van der Waals surface area (Å²) in [5.41, 5.74) is 2.72. The van der Waals surface area contributed by atoms with Crippen LogP contribution in [0.1, 0.15) is 11.3 Å². The van der Waals surface area contributed by atoms with Crippen molar-refractivity contribution in [2.75, 3.05) is 17.7 Å². The first-order chi connectivity index (χ1) is 15.5. The van der Waals surface area contributed by atoms with Gasteiger partial charge in [0.2, 0.25) is 0 Å². The molecule has 3 aromatic rings. The zero-order valence-electron chi connectivity index (χ0n) is 18.3. The van der Waals surface area contributed by atoms with Gasteiger partial charge in [-0.3, -0.25) is 4.79 Å². The zero-order valence-corrected chi connectivity index (χ0v) is 18.3. The Morgan fingerprint density at radius 1 is 1.03 bits per heavy atom. The van der Waals surface area contributed by atoms with Gasteiger partial charge in [-0.1, -0.05) is 49.1 Å². The van der Waals surface area contributed by atoms with Gasteiger partial charge in [0.05, 0.1) is 18.5 Å². The molecule has 0 bridgehead atoms. The van der Waals surface area contributed by atoms with E-state index in [9.17, 15) is 9.59 Å². The van der Waals surface area contributed by atoms with Gasteiger partial charge in [-0.2, -0.15) is 0 Å². The van der Waals surface area contributed by atoms with Crippen molar-refractivity contribution in [2.45, 2.75) is 13.8 Å². The van der Waals surface area contributed by atoms with Crippen LogP contribution in [0, 0.1) is 13.8 Å². The Balaban J connectivity index is 1.96. The number of aryl methyl sites for hydroxylation is 1. The maximum atomic E-state index is 13.2. The van der Waals surface area contributed by atoms with Crippen LogP contribution in [0.15, 0.2) is 84.2 Å². The SMILES string of the molecule is C=C/C=C\C=C\n1c(=O)c(NC(=O)Nc2ccc(C)c(OC)c2)c(C)n1-c1ccccc1. The molecule has 164 valence electrons. The second-order valence-corrected chi connectivity index (χ2v) is 6.98. The number of allylic oxidation sites excluding steroid dienone is 4. The van der Waals surface area contributed by atoms with Crippen molar-refractivity contribution in [3.8, 4) is 11.4 Å². The van der Waals surface area contributed by atoms with Crippen LogP contribution >= 0.6 is 0 Å².